The van der Waals surface area contributed by atoms with Crippen LogP contribution in [0.15, 0.2) is 0 Å². The summed E-state index contributed by atoms with van der Waals surface area (Å²) in [6.45, 7) is 5.41. The van der Waals surface area contributed by atoms with Gasteiger partial charge in [0.05, 0.1) is 12.0 Å². The molecule has 0 heterocycles. The number of carbonyl (C=O) groups is 1. The minimum Gasteiger partial charge on any atom is -0.459 e. The van der Waals surface area contributed by atoms with E-state index in [1.807, 2.05) is 0 Å². The molecular formula is C32H57FO3. The van der Waals surface area contributed by atoms with Gasteiger partial charge in [0.2, 0.25) is 0 Å². The van der Waals surface area contributed by atoms with Crippen LogP contribution in [0.5, 0.6) is 0 Å². The van der Waals surface area contributed by atoms with Crippen LogP contribution in [0.25, 0.3) is 0 Å². The van der Waals surface area contributed by atoms with Gasteiger partial charge in [-0.1, -0.05) is 71.6 Å². The molecule has 3 aliphatic carbocycles. The topological polar surface area (TPSA) is 35.5 Å². The van der Waals surface area contributed by atoms with Crippen molar-refractivity contribution in [3.8, 4) is 0 Å². The Labute approximate surface area is 222 Å². The van der Waals surface area contributed by atoms with Gasteiger partial charge in [-0.05, 0) is 94.8 Å². The van der Waals surface area contributed by atoms with Gasteiger partial charge in [0.15, 0.2) is 0 Å². The van der Waals surface area contributed by atoms with E-state index in [9.17, 15) is 9.18 Å². The Morgan fingerprint density at radius 2 is 1.33 bits per heavy atom. The number of esters is 1. The predicted molar refractivity (Wildman–Crippen MR) is 147 cm³/mol. The van der Waals surface area contributed by atoms with Crippen LogP contribution >= 0.6 is 0 Å². The van der Waals surface area contributed by atoms with Gasteiger partial charge in [-0.25, -0.2) is 4.39 Å². The highest BCUT2D eigenvalue weighted by molar-refractivity contribution is 5.72. The molecule has 3 atom stereocenters. The maximum absolute atomic E-state index is 14.7. The van der Waals surface area contributed by atoms with Gasteiger partial charge in [0, 0.05) is 6.61 Å². The lowest BCUT2D eigenvalue weighted by Gasteiger charge is -2.38. The molecular weight excluding hydrogens is 451 g/mol. The van der Waals surface area contributed by atoms with E-state index in [1.54, 1.807) is 0 Å². The average Bonchev–Trinajstić information content (AvgIpc) is 2.90. The van der Waals surface area contributed by atoms with Gasteiger partial charge in [0.25, 0.3) is 0 Å². The van der Waals surface area contributed by atoms with Gasteiger partial charge in [0.1, 0.15) is 12.3 Å². The van der Waals surface area contributed by atoms with E-state index in [2.05, 4.69) is 13.8 Å². The van der Waals surface area contributed by atoms with Gasteiger partial charge in [-0.2, -0.15) is 0 Å². The Morgan fingerprint density at radius 3 is 2.00 bits per heavy atom. The third-order valence-corrected chi connectivity index (χ3v) is 9.65. The lowest BCUT2D eigenvalue weighted by molar-refractivity contribution is -0.162. The average molecular weight is 509 g/mol. The molecule has 0 radical (unpaired) electrons. The second-order valence-electron chi connectivity index (χ2n) is 12.5. The van der Waals surface area contributed by atoms with Gasteiger partial charge >= 0.3 is 5.97 Å². The summed E-state index contributed by atoms with van der Waals surface area (Å²) in [6, 6.07) is 0. The third kappa shape index (κ3) is 10.3. The number of unbranched alkanes of at least 4 members (excludes halogenated alkanes) is 7. The summed E-state index contributed by atoms with van der Waals surface area (Å²) in [7, 11) is 0. The molecule has 0 N–H and O–H groups in total. The largest absolute Gasteiger partial charge is 0.459 e. The van der Waals surface area contributed by atoms with Crippen molar-refractivity contribution in [1.82, 2.24) is 0 Å². The molecule has 0 saturated heterocycles. The van der Waals surface area contributed by atoms with Crippen molar-refractivity contribution < 1.29 is 18.7 Å². The third-order valence-electron chi connectivity index (χ3n) is 9.65. The fourth-order valence-corrected chi connectivity index (χ4v) is 7.18. The van der Waals surface area contributed by atoms with Crippen LogP contribution < -0.4 is 0 Å². The number of carbonyl (C=O) groups excluding carboxylic acids is 1. The zero-order chi connectivity index (χ0) is 25.6. The highest BCUT2D eigenvalue weighted by atomic mass is 19.1. The quantitative estimate of drug-likeness (QED) is 0.163. The molecule has 210 valence electrons. The Kier molecular flexibility index (Phi) is 14.2. The molecule has 3 saturated carbocycles. The van der Waals surface area contributed by atoms with Crippen LogP contribution in [0.3, 0.4) is 0 Å². The fourth-order valence-electron chi connectivity index (χ4n) is 7.18. The van der Waals surface area contributed by atoms with Gasteiger partial charge < -0.3 is 9.47 Å². The molecule has 0 spiro atoms. The SMILES string of the molecule is CCCCCCCCOC1CCC(C2CCC(C(=O)OC3CCC(CCCCC)CC3F)CC2)CC1. The molecule has 3 unspecified atom stereocenters. The standard InChI is InChI=1S/C32H57FO3/c1-3-5-7-8-9-11-23-35-29-20-18-27(19-21-29)26-14-16-28(17-15-26)32(34)36-31-22-13-25(24-30(31)33)12-10-6-4-2/h25-31H,3-24H2,1-2H3. The van der Waals surface area contributed by atoms with Crippen LogP contribution in [0.2, 0.25) is 0 Å². The highest BCUT2D eigenvalue weighted by Crippen LogP contribution is 2.41. The molecule has 3 rings (SSSR count). The van der Waals surface area contributed by atoms with Crippen molar-refractivity contribution in [2.75, 3.05) is 6.61 Å². The Balaban J connectivity index is 1.25. The smallest absolute Gasteiger partial charge is 0.309 e. The molecule has 0 aromatic rings. The molecule has 3 fully saturated rings. The Hall–Kier alpha value is -0.640. The second kappa shape index (κ2) is 17.0. The van der Waals surface area contributed by atoms with Crippen molar-refractivity contribution in [3.63, 3.8) is 0 Å². The Bertz CT molecular complexity index is 580. The number of ether oxygens (including phenoxy) is 2. The van der Waals surface area contributed by atoms with E-state index in [0.29, 0.717) is 24.9 Å². The molecule has 0 aromatic heterocycles. The summed E-state index contributed by atoms with van der Waals surface area (Å²) in [5.74, 6) is 1.91. The lowest BCUT2D eigenvalue weighted by Crippen LogP contribution is -2.37. The van der Waals surface area contributed by atoms with E-state index in [0.717, 1.165) is 57.0 Å². The minimum absolute atomic E-state index is 0.00673. The maximum Gasteiger partial charge on any atom is 0.309 e. The van der Waals surface area contributed by atoms with Crippen LogP contribution in [0, 0.1) is 23.7 Å². The summed E-state index contributed by atoms with van der Waals surface area (Å²) in [5.41, 5.74) is 0. The lowest BCUT2D eigenvalue weighted by atomic mass is 9.70. The summed E-state index contributed by atoms with van der Waals surface area (Å²) < 4.78 is 26.7. The molecule has 3 aliphatic rings. The number of hydrogen-bond acceptors (Lipinski definition) is 3. The number of halogens is 1. The molecule has 0 aliphatic heterocycles. The minimum atomic E-state index is -0.968. The summed E-state index contributed by atoms with van der Waals surface area (Å²) >= 11 is 0. The molecule has 3 nitrogen and oxygen atoms in total. The molecule has 0 aromatic carbocycles. The summed E-state index contributed by atoms with van der Waals surface area (Å²) in [6.07, 6.45) is 23.2. The van der Waals surface area contributed by atoms with E-state index >= 15 is 0 Å². The monoisotopic (exact) mass is 508 g/mol. The summed E-state index contributed by atoms with van der Waals surface area (Å²) in [5, 5.41) is 0. The van der Waals surface area contributed by atoms with Crippen LogP contribution in [0.4, 0.5) is 4.39 Å². The maximum atomic E-state index is 14.7. The van der Waals surface area contributed by atoms with Gasteiger partial charge in [-0.15, -0.1) is 0 Å². The number of alkyl halides is 1. The predicted octanol–water partition coefficient (Wildman–Crippen LogP) is 9.36. The first-order valence-corrected chi connectivity index (χ1v) is 16.1. The van der Waals surface area contributed by atoms with Crippen molar-refractivity contribution in [2.24, 2.45) is 23.7 Å². The molecule has 0 amide bonds. The van der Waals surface area contributed by atoms with Crippen molar-refractivity contribution in [2.45, 2.75) is 167 Å². The zero-order valence-electron chi connectivity index (χ0n) is 23.7. The van der Waals surface area contributed by atoms with Crippen LogP contribution in [-0.4, -0.2) is 31.0 Å². The van der Waals surface area contributed by atoms with E-state index < -0.39 is 12.3 Å². The van der Waals surface area contributed by atoms with Crippen molar-refractivity contribution in [3.05, 3.63) is 0 Å². The first-order valence-electron chi connectivity index (χ1n) is 16.1. The zero-order valence-corrected chi connectivity index (χ0v) is 23.7. The highest BCUT2D eigenvalue weighted by Gasteiger charge is 2.37. The van der Waals surface area contributed by atoms with E-state index in [-0.39, 0.29) is 11.9 Å². The van der Waals surface area contributed by atoms with Crippen molar-refractivity contribution >= 4 is 5.97 Å². The van der Waals surface area contributed by atoms with E-state index in [1.165, 1.54) is 83.5 Å². The van der Waals surface area contributed by atoms with Crippen LogP contribution in [0.1, 0.15) is 149 Å². The molecule has 4 heteroatoms. The molecule has 0 bridgehead atoms. The first kappa shape index (κ1) is 29.9. The number of hydrogen-bond donors (Lipinski definition) is 0. The number of rotatable bonds is 15. The van der Waals surface area contributed by atoms with Gasteiger partial charge in [-0.3, -0.25) is 4.79 Å². The van der Waals surface area contributed by atoms with Crippen molar-refractivity contribution in [1.29, 1.82) is 0 Å². The fraction of sp³-hybridized carbons (Fsp3) is 0.969. The normalized spacial score (nSPS) is 33.4. The van der Waals surface area contributed by atoms with Crippen LogP contribution in [-0.2, 0) is 14.3 Å². The molecule has 36 heavy (non-hydrogen) atoms. The van der Waals surface area contributed by atoms with E-state index in [4.69, 9.17) is 9.47 Å². The first-order chi connectivity index (χ1) is 17.6. The summed E-state index contributed by atoms with van der Waals surface area (Å²) in [4.78, 5) is 12.8. The Morgan fingerprint density at radius 1 is 0.722 bits per heavy atom. The second-order valence-corrected chi connectivity index (χ2v) is 12.5.